The van der Waals surface area contributed by atoms with Crippen LogP contribution in [-0.2, 0) is 6.42 Å². The van der Waals surface area contributed by atoms with Gasteiger partial charge in [-0.15, -0.1) is 0 Å². The zero-order chi connectivity index (χ0) is 17.7. The lowest BCUT2D eigenvalue weighted by Gasteiger charge is -2.28. The van der Waals surface area contributed by atoms with Crippen molar-refractivity contribution in [3.8, 4) is 0 Å². The molecular weight excluding hydrogens is 318 g/mol. The van der Waals surface area contributed by atoms with Crippen molar-refractivity contribution in [2.45, 2.75) is 32.1 Å². The van der Waals surface area contributed by atoms with E-state index in [1.807, 2.05) is 0 Å². The molecule has 2 heteroatoms. The highest BCUT2D eigenvalue weighted by atomic mass is 28.3. The van der Waals surface area contributed by atoms with Gasteiger partial charge < -0.3 is 4.90 Å². The van der Waals surface area contributed by atoms with E-state index in [1.54, 1.807) is 0 Å². The van der Waals surface area contributed by atoms with Gasteiger partial charge in [0, 0.05) is 25.1 Å². The quantitative estimate of drug-likeness (QED) is 0.433. The molecule has 0 aromatic heterocycles. The zero-order valence-electron chi connectivity index (χ0n) is 15.4. The van der Waals surface area contributed by atoms with E-state index < -0.39 is 8.07 Å². The van der Waals surface area contributed by atoms with Crippen LogP contribution in [0.1, 0.15) is 5.56 Å². The Bertz CT molecular complexity index is 752. The second-order valence-electron chi connectivity index (χ2n) is 7.70. The van der Waals surface area contributed by atoms with Gasteiger partial charge in [-0.2, -0.15) is 0 Å². The summed E-state index contributed by atoms with van der Waals surface area (Å²) in [6.45, 7) is 7.34. The van der Waals surface area contributed by atoms with E-state index in [2.05, 4.69) is 109 Å². The number of para-hydroxylation sites is 3. The summed E-state index contributed by atoms with van der Waals surface area (Å²) in [4.78, 5) is 2.37. The van der Waals surface area contributed by atoms with E-state index in [4.69, 9.17) is 0 Å². The van der Waals surface area contributed by atoms with Gasteiger partial charge in [0.15, 0.2) is 0 Å². The minimum Gasteiger partial charge on any atom is -0.310 e. The Kier molecular flexibility index (Phi) is 5.39. The van der Waals surface area contributed by atoms with Crippen molar-refractivity contribution in [2.24, 2.45) is 0 Å². The molecular formula is C23H27NSi. The standard InChI is InChI=1S/C23H27NSi/c1-25(2,3)19-18-20-12-10-11-17-23(20)24(21-13-6-4-7-14-21)22-15-8-5-9-16-22/h4-17H,18-19H2,1-3H3. The van der Waals surface area contributed by atoms with Crippen molar-refractivity contribution in [3.05, 3.63) is 90.5 Å². The summed E-state index contributed by atoms with van der Waals surface area (Å²) in [6, 6.07) is 31.5. The molecule has 0 saturated carbocycles. The summed E-state index contributed by atoms with van der Waals surface area (Å²) in [5, 5.41) is 0. The fraction of sp³-hybridized carbons (Fsp3) is 0.217. The van der Waals surface area contributed by atoms with E-state index in [1.165, 1.54) is 28.7 Å². The van der Waals surface area contributed by atoms with Crippen LogP contribution < -0.4 is 4.90 Å². The molecule has 0 aliphatic rings. The molecule has 128 valence electrons. The van der Waals surface area contributed by atoms with Crippen molar-refractivity contribution < 1.29 is 0 Å². The van der Waals surface area contributed by atoms with Crippen molar-refractivity contribution in [2.75, 3.05) is 4.90 Å². The third-order valence-electron chi connectivity index (χ3n) is 4.41. The molecule has 0 aliphatic heterocycles. The van der Waals surface area contributed by atoms with Crippen molar-refractivity contribution in [3.63, 3.8) is 0 Å². The van der Waals surface area contributed by atoms with Gasteiger partial charge in [-0.25, -0.2) is 0 Å². The van der Waals surface area contributed by atoms with E-state index in [0.29, 0.717) is 0 Å². The topological polar surface area (TPSA) is 3.24 Å². The largest absolute Gasteiger partial charge is 0.310 e. The molecule has 0 saturated heterocycles. The molecule has 0 atom stereocenters. The number of rotatable bonds is 6. The van der Waals surface area contributed by atoms with E-state index in [0.717, 1.165) is 6.42 Å². The summed E-state index contributed by atoms with van der Waals surface area (Å²) < 4.78 is 0. The van der Waals surface area contributed by atoms with Gasteiger partial charge in [0.1, 0.15) is 0 Å². The van der Waals surface area contributed by atoms with Crippen LogP contribution >= 0.6 is 0 Å². The van der Waals surface area contributed by atoms with Crippen LogP contribution in [0.3, 0.4) is 0 Å². The molecule has 0 fully saturated rings. The van der Waals surface area contributed by atoms with Gasteiger partial charge in [0.25, 0.3) is 0 Å². The molecule has 0 heterocycles. The normalized spacial score (nSPS) is 11.3. The monoisotopic (exact) mass is 345 g/mol. The number of nitrogens with zero attached hydrogens (tertiary/aromatic N) is 1. The Balaban J connectivity index is 2.06. The van der Waals surface area contributed by atoms with Crippen LogP contribution in [0, 0.1) is 0 Å². The SMILES string of the molecule is C[Si](C)(C)CCc1ccccc1N(c1ccccc1)c1ccccc1. The molecule has 0 aliphatic carbocycles. The zero-order valence-corrected chi connectivity index (χ0v) is 16.4. The predicted molar refractivity (Wildman–Crippen MR) is 113 cm³/mol. The highest BCUT2D eigenvalue weighted by Crippen LogP contribution is 2.37. The lowest BCUT2D eigenvalue weighted by Crippen LogP contribution is -2.20. The summed E-state index contributed by atoms with van der Waals surface area (Å²) >= 11 is 0. The molecule has 0 amide bonds. The summed E-state index contributed by atoms with van der Waals surface area (Å²) in [5.41, 5.74) is 5.12. The molecule has 25 heavy (non-hydrogen) atoms. The first-order chi connectivity index (χ1) is 12.0. The fourth-order valence-electron chi connectivity index (χ4n) is 3.03. The first-order valence-electron chi connectivity index (χ1n) is 9.03. The van der Waals surface area contributed by atoms with Gasteiger partial charge >= 0.3 is 0 Å². The second kappa shape index (κ2) is 7.71. The lowest BCUT2D eigenvalue weighted by atomic mass is 10.1. The number of benzene rings is 3. The summed E-state index contributed by atoms with van der Waals surface area (Å²) in [6.07, 6.45) is 1.14. The lowest BCUT2D eigenvalue weighted by molar-refractivity contribution is 1.08. The Morgan fingerprint density at radius 3 is 1.64 bits per heavy atom. The Morgan fingerprint density at radius 2 is 1.12 bits per heavy atom. The number of anilines is 3. The van der Waals surface area contributed by atoms with Crippen LogP contribution in [-0.4, -0.2) is 8.07 Å². The molecule has 3 aromatic carbocycles. The van der Waals surface area contributed by atoms with Crippen molar-refractivity contribution in [1.29, 1.82) is 0 Å². The minimum absolute atomic E-state index is 1.07. The maximum Gasteiger partial charge on any atom is 0.0493 e. The number of hydrogen-bond acceptors (Lipinski definition) is 1. The summed E-state index contributed by atoms with van der Waals surface area (Å²) in [5.74, 6) is 0. The number of hydrogen-bond donors (Lipinski definition) is 0. The molecule has 0 bridgehead atoms. The van der Waals surface area contributed by atoms with Crippen LogP contribution in [0.5, 0.6) is 0 Å². The first-order valence-corrected chi connectivity index (χ1v) is 12.7. The molecule has 1 nitrogen and oxygen atoms in total. The molecule has 0 unspecified atom stereocenters. The van der Waals surface area contributed by atoms with Gasteiger partial charge in [-0.3, -0.25) is 0 Å². The Morgan fingerprint density at radius 1 is 0.640 bits per heavy atom. The van der Waals surface area contributed by atoms with E-state index in [-0.39, 0.29) is 0 Å². The predicted octanol–water partition coefficient (Wildman–Crippen LogP) is 7.04. The third kappa shape index (κ3) is 4.61. The smallest absolute Gasteiger partial charge is 0.0493 e. The third-order valence-corrected chi connectivity index (χ3v) is 6.16. The molecule has 0 radical (unpaired) electrons. The van der Waals surface area contributed by atoms with Gasteiger partial charge in [0.2, 0.25) is 0 Å². The average molecular weight is 346 g/mol. The minimum atomic E-state index is -1.07. The second-order valence-corrected chi connectivity index (χ2v) is 13.3. The van der Waals surface area contributed by atoms with Crippen LogP contribution in [0.25, 0.3) is 0 Å². The molecule has 3 aromatic rings. The highest BCUT2D eigenvalue weighted by Gasteiger charge is 2.18. The van der Waals surface area contributed by atoms with Gasteiger partial charge in [0.05, 0.1) is 0 Å². The van der Waals surface area contributed by atoms with Crippen molar-refractivity contribution in [1.82, 2.24) is 0 Å². The fourth-order valence-corrected chi connectivity index (χ4v) is 4.05. The van der Waals surface area contributed by atoms with Crippen LogP contribution in [0.2, 0.25) is 25.7 Å². The van der Waals surface area contributed by atoms with Gasteiger partial charge in [-0.1, -0.05) is 80.3 Å². The molecule has 0 N–H and O–H groups in total. The number of aryl methyl sites for hydroxylation is 1. The Hall–Kier alpha value is -2.32. The highest BCUT2D eigenvalue weighted by molar-refractivity contribution is 6.76. The average Bonchev–Trinajstić information content (AvgIpc) is 2.62. The summed E-state index contributed by atoms with van der Waals surface area (Å²) in [7, 11) is -1.07. The van der Waals surface area contributed by atoms with E-state index >= 15 is 0 Å². The van der Waals surface area contributed by atoms with E-state index in [9.17, 15) is 0 Å². The first kappa shape index (κ1) is 17.5. The van der Waals surface area contributed by atoms with Crippen molar-refractivity contribution >= 4 is 25.1 Å². The van der Waals surface area contributed by atoms with Crippen LogP contribution in [0.4, 0.5) is 17.1 Å². The maximum absolute atomic E-state index is 2.45. The molecule has 0 spiro atoms. The van der Waals surface area contributed by atoms with Crippen LogP contribution in [0.15, 0.2) is 84.9 Å². The maximum atomic E-state index is 2.45. The molecule has 3 rings (SSSR count). The van der Waals surface area contributed by atoms with Gasteiger partial charge in [-0.05, 0) is 42.3 Å². The Labute approximate surface area is 153 Å².